The standard InChI is InChI=1S/C7H10N2O/c1-2-3-7(4-5-7)9-6(8)10/h1H,3-5H2,(H3,8,9,10). The Kier molecular flexibility index (Phi) is 1.54. The molecule has 0 aromatic heterocycles. The predicted octanol–water partition coefficient (Wildman–Crippen LogP) is 0.211. The van der Waals surface area contributed by atoms with Gasteiger partial charge in [-0.15, -0.1) is 12.3 Å². The second kappa shape index (κ2) is 2.22. The average Bonchev–Trinajstić information content (AvgIpc) is 2.47. The average molecular weight is 138 g/mol. The van der Waals surface area contributed by atoms with E-state index in [4.69, 9.17) is 12.2 Å². The fraction of sp³-hybridized carbons (Fsp3) is 0.571. The van der Waals surface area contributed by atoms with Crippen molar-refractivity contribution in [1.82, 2.24) is 5.32 Å². The minimum atomic E-state index is -0.479. The molecular weight excluding hydrogens is 128 g/mol. The molecule has 54 valence electrons. The van der Waals surface area contributed by atoms with Gasteiger partial charge in [-0.1, -0.05) is 0 Å². The van der Waals surface area contributed by atoms with Crippen LogP contribution >= 0.6 is 0 Å². The Morgan fingerprint density at radius 3 is 2.70 bits per heavy atom. The van der Waals surface area contributed by atoms with Gasteiger partial charge in [-0.25, -0.2) is 4.79 Å². The Hall–Kier alpha value is -1.17. The first-order chi connectivity index (χ1) is 4.68. The van der Waals surface area contributed by atoms with Crippen LogP contribution in [0.2, 0.25) is 0 Å². The first-order valence-electron chi connectivity index (χ1n) is 3.20. The zero-order chi connectivity index (χ0) is 7.61. The zero-order valence-corrected chi connectivity index (χ0v) is 5.68. The highest BCUT2D eigenvalue weighted by molar-refractivity contribution is 5.73. The molecule has 1 aliphatic rings. The number of nitrogens with two attached hydrogens (primary N) is 1. The van der Waals surface area contributed by atoms with Gasteiger partial charge < -0.3 is 11.1 Å². The number of hydrogen-bond acceptors (Lipinski definition) is 1. The summed E-state index contributed by atoms with van der Waals surface area (Å²) in [5.41, 5.74) is 4.79. The van der Waals surface area contributed by atoms with Gasteiger partial charge in [-0.05, 0) is 12.8 Å². The van der Waals surface area contributed by atoms with Gasteiger partial charge >= 0.3 is 6.03 Å². The van der Waals surface area contributed by atoms with Crippen molar-refractivity contribution in [2.45, 2.75) is 24.8 Å². The molecule has 1 rings (SSSR count). The van der Waals surface area contributed by atoms with E-state index >= 15 is 0 Å². The van der Waals surface area contributed by atoms with Gasteiger partial charge in [0.05, 0.1) is 5.54 Å². The van der Waals surface area contributed by atoms with E-state index < -0.39 is 6.03 Å². The maximum atomic E-state index is 10.4. The van der Waals surface area contributed by atoms with E-state index in [2.05, 4.69) is 11.2 Å². The van der Waals surface area contributed by atoms with Gasteiger partial charge in [0.1, 0.15) is 0 Å². The number of urea groups is 1. The number of amides is 2. The van der Waals surface area contributed by atoms with Crippen LogP contribution in [0.1, 0.15) is 19.3 Å². The summed E-state index contributed by atoms with van der Waals surface area (Å²) in [5.74, 6) is 2.51. The van der Waals surface area contributed by atoms with E-state index in [-0.39, 0.29) is 5.54 Å². The van der Waals surface area contributed by atoms with Crippen LogP contribution in [0.15, 0.2) is 0 Å². The van der Waals surface area contributed by atoms with Crippen molar-refractivity contribution in [2.75, 3.05) is 0 Å². The largest absolute Gasteiger partial charge is 0.352 e. The maximum absolute atomic E-state index is 10.4. The quantitative estimate of drug-likeness (QED) is 0.526. The second-order valence-electron chi connectivity index (χ2n) is 2.65. The minimum absolute atomic E-state index is 0.138. The molecule has 3 nitrogen and oxygen atoms in total. The van der Waals surface area contributed by atoms with Crippen LogP contribution in [-0.2, 0) is 0 Å². The number of carbonyl (C=O) groups excluding carboxylic acids is 1. The Morgan fingerprint density at radius 2 is 2.40 bits per heavy atom. The summed E-state index contributed by atoms with van der Waals surface area (Å²) >= 11 is 0. The number of rotatable bonds is 2. The Balaban J connectivity index is 2.39. The summed E-state index contributed by atoms with van der Waals surface area (Å²) in [4.78, 5) is 10.4. The van der Waals surface area contributed by atoms with Crippen LogP contribution in [0.25, 0.3) is 0 Å². The molecule has 0 spiro atoms. The van der Waals surface area contributed by atoms with E-state index in [1.54, 1.807) is 0 Å². The van der Waals surface area contributed by atoms with Gasteiger partial charge in [0.25, 0.3) is 0 Å². The predicted molar refractivity (Wildman–Crippen MR) is 38.1 cm³/mol. The molecule has 0 aliphatic heterocycles. The fourth-order valence-corrected chi connectivity index (χ4v) is 0.954. The van der Waals surface area contributed by atoms with Gasteiger partial charge in [0.15, 0.2) is 0 Å². The molecule has 0 atom stereocenters. The summed E-state index contributed by atoms with van der Waals surface area (Å²) in [6.07, 6.45) is 7.60. The van der Waals surface area contributed by atoms with Crippen molar-refractivity contribution in [2.24, 2.45) is 5.73 Å². The van der Waals surface area contributed by atoms with Crippen molar-refractivity contribution in [3.63, 3.8) is 0 Å². The number of primary amides is 1. The number of hydrogen-bond donors (Lipinski definition) is 2. The Morgan fingerprint density at radius 1 is 1.80 bits per heavy atom. The van der Waals surface area contributed by atoms with Crippen LogP contribution in [0.4, 0.5) is 4.79 Å². The molecule has 1 fully saturated rings. The maximum Gasteiger partial charge on any atom is 0.312 e. The first kappa shape index (κ1) is 6.94. The highest BCUT2D eigenvalue weighted by atomic mass is 16.2. The molecule has 1 aliphatic carbocycles. The Bertz CT molecular complexity index is 188. The lowest BCUT2D eigenvalue weighted by molar-refractivity contribution is 0.244. The van der Waals surface area contributed by atoms with E-state index in [0.29, 0.717) is 6.42 Å². The summed E-state index contributed by atoms with van der Waals surface area (Å²) in [5, 5.41) is 2.63. The SMILES string of the molecule is C#CCC1(NC(N)=O)CC1. The molecule has 3 heteroatoms. The van der Waals surface area contributed by atoms with Gasteiger partial charge in [0, 0.05) is 6.42 Å². The number of terminal acetylenes is 1. The third-order valence-corrected chi connectivity index (χ3v) is 1.68. The molecule has 0 bridgehead atoms. The normalized spacial score (nSPS) is 19.1. The summed E-state index contributed by atoms with van der Waals surface area (Å²) in [7, 11) is 0. The molecule has 1 saturated carbocycles. The van der Waals surface area contributed by atoms with E-state index in [1.165, 1.54) is 0 Å². The first-order valence-corrected chi connectivity index (χ1v) is 3.20. The highest BCUT2D eigenvalue weighted by Gasteiger charge is 2.42. The third kappa shape index (κ3) is 1.41. The molecular formula is C7H10N2O. The summed E-state index contributed by atoms with van der Waals surface area (Å²) in [6.45, 7) is 0. The monoisotopic (exact) mass is 138 g/mol. The van der Waals surface area contributed by atoms with Crippen molar-refractivity contribution in [3.8, 4) is 12.3 Å². The van der Waals surface area contributed by atoms with Crippen molar-refractivity contribution < 1.29 is 4.79 Å². The van der Waals surface area contributed by atoms with Crippen LogP contribution in [0, 0.1) is 12.3 Å². The molecule has 2 amide bonds. The molecule has 0 radical (unpaired) electrons. The van der Waals surface area contributed by atoms with Crippen molar-refractivity contribution in [1.29, 1.82) is 0 Å². The highest BCUT2D eigenvalue weighted by Crippen LogP contribution is 2.37. The second-order valence-corrected chi connectivity index (χ2v) is 2.65. The van der Waals surface area contributed by atoms with Crippen LogP contribution in [0.3, 0.4) is 0 Å². The van der Waals surface area contributed by atoms with Crippen LogP contribution < -0.4 is 11.1 Å². The minimum Gasteiger partial charge on any atom is -0.352 e. The number of carbonyl (C=O) groups is 1. The molecule has 0 aromatic rings. The lowest BCUT2D eigenvalue weighted by Crippen LogP contribution is -2.40. The van der Waals surface area contributed by atoms with Crippen molar-refractivity contribution in [3.05, 3.63) is 0 Å². The third-order valence-electron chi connectivity index (χ3n) is 1.68. The van der Waals surface area contributed by atoms with E-state index in [0.717, 1.165) is 12.8 Å². The zero-order valence-electron chi connectivity index (χ0n) is 5.68. The smallest absolute Gasteiger partial charge is 0.312 e. The van der Waals surface area contributed by atoms with Gasteiger partial charge in [-0.2, -0.15) is 0 Å². The van der Waals surface area contributed by atoms with Gasteiger partial charge in [-0.3, -0.25) is 0 Å². The molecule has 0 unspecified atom stereocenters. The topological polar surface area (TPSA) is 55.1 Å². The van der Waals surface area contributed by atoms with E-state index in [1.807, 2.05) is 0 Å². The fourth-order valence-electron chi connectivity index (χ4n) is 0.954. The van der Waals surface area contributed by atoms with Crippen LogP contribution in [-0.4, -0.2) is 11.6 Å². The van der Waals surface area contributed by atoms with E-state index in [9.17, 15) is 4.79 Å². The molecule has 0 saturated heterocycles. The summed E-state index contributed by atoms with van der Waals surface area (Å²) < 4.78 is 0. The molecule has 10 heavy (non-hydrogen) atoms. The van der Waals surface area contributed by atoms with Gasteiger partial charge in [0.2, 0.25) is 0 Å². The lowest BCUT2D eigenvalue weighted by Gasteiger charge is -2.10. The lowest BCUT2D eigenvalue weighted by atomic mass is 10.2. The van der Waals surface area contributed by atoms with Crippen LogP contribution in [0.5, 0.6) is 0 Å². The number of nitrogens with one attached hydrogen (secondary N) is 1. The molecule has 0 aromatic carbocycles. The summed E-state index contributed by atoms with van der Waals surface area (Å²) in [6, 6.07) is -0.479. The Labute approximate surface area is 60.0 Å². The molecule has 0 heterocycles. The molecule has 3 N–H and O–H groups in total. The van der Waals surface area contributed by atoms with Crippen molar-refractivity contribution >= 4 is 6.03 Å².